The highest BCUT2D eigenvalue weighted by atomic mass is 16.4. The van der Waals surface area contributed by atoms with Gasteiger partial charge in [-0.25, -0.2) is 9.59 Å². The molecular weight excluding hydrogens is 310 g/mol. The minimum atomic E-state index is -1.26. The van der Waals surface area contributed by atoms with Crippen LogP contribution in [0.15, 0.2) is 36.7 Å². The van der Waals surface area contributed by atoms with Crippen LogP contribution in [-0.4, -0.2) is 45.2 Å². The van der Waals surface area contributed by atoms with Crippen LogP contribution in [-0.2, 0) is 9.59 Å². The van der Waals surface area contributed by atoms with Gasteiger partial charge in [0.1, 0.15) is 0 Å². The second-order valence-electron chi connectivity index (χ2n) is 5.82. The van der Waals surface area contributed by atoms with Crippen molar-refractivity contribution in [3.63, 3.8) is 0 Å². The summed E-state index contributed by atoms with van der Waals surface area (Å²) in [4.78, 5) is 27.9. The molecule has 124 valence electrons. The van der Waals surface area contributed by atoms with Crippen molar-refractivity contribution < 1.29 is 19.8 Å². The fourth-order valence-corrected chi connectivity index (χ4v) is 3.31. The number of piperidine rings is 1. The van der Waals surface area contributed by atoms with E-state index in [2.05, 4.69) is 27.4 Å². The molecule has 1 aromatic carbocycles. The maximum Gasteiger partial charge on any atom is 0.328 e. The van der Waals surface area contributed by atoms with E-state index >= 15 is 0 Å². The van der Waals surface area contributed by atoms with Gasteiger partial charge in [-0.1, -0.05) is 0 Å². The van der Waals surface area contributed by atoms with Crippen molar-refractivity contribution in [3.05, 3.63) is 47.8 Å². The van der Waals surface area contributed by atoms with E-state index in [-0.39, 0.29) is 0 Å². The molecule has 2 heterocycles. The zero-order chi connectivity index (χ0) is 17.1. The van der Waals surface area contributed by atoms with Gasteiger partial charge in [0.05, 0.1) is 11.0 Å². The number of aliphatic carboxylic acids is 2. The van der Waals surface area contributed by atoms with Crippen LogP contribution in [0.5, 0.6) is 0 Å². The molecule has 2 bridgehead atoms. The largest absolute Gasteiger partial charge is 0.478 e. The summed E-state index contributed by atoms with van der Waals surface area (Å²) < 4.78 is 0. The minimum Gasteiger partial charge on any atom is -0.478 e. The summed E-state index contributed by atoms with van der Waals surface area (Å²) in [7, 11) is 0. The lowest BCUT2D eigenvalue weighted by Crippen LogP contribution is -2.28. The highest BCUT2D eigenvalue weighted by Crippen LogP contribution is 2.44. The molecule has 0 amide bonds. The molecule has 2 atom stereocenters. The number of hydrogen-bond donors (Lipinski definition) is 3. The number of aromatic nitrogens is 2. The van der Waals surface area contributed by atoms with E-state index in [1.807, 2.05) is 0 Å². The van der Waals surface area contributed by atoms with E-state index in [1.54, 1.807) is 12.4 Å². The van der Waals surface area contributed by atoms with Gasteiger partial charge in [-0.05, 0) is 41.5 Å². The Morgan fingerprint density at radius 1 is 0.958 bits per heavy atom. The monoisotopic (exact) mass is 327 g/mol. The molecule has 2 aliphatic rings. The summed E-state index contributed by atoms with van der Waals surface area (Å²) in [5.74, 6) is -1.12. The molecule has 4 rings (SSSR count). The van der Waals surface area contributed by atoms with Gasteiger partial charge in [-0.2, -0.15) is 0 Å². The van der Waals surface area contributed by atoms with Crippen molar-refractivity contribution >= 4 is 23.0 Å². The van der Waals surface area contributed by atoms with E-state index in [0.717, 1.165) is 24.1 Å². The molecule has 1 saturated heterocycles. The average molecular weight is 327 g/mol. The quantitative estimate of drug-likeness (QED) is 0.717. The maximum atomic E-state index is 9.55. The molecule has 7 nitrogen and oxygen atoms in total. The summed E-state index contributed by atoms with van der Waals surface area (Å²) in [6.45, 7) is 2.24. The number of fused-ring (bicyclic) bond motifs is 6. The first-order valence-corrected chi connectivity index (χ1v) is 7.64. The minimum absolute atomic E-state index is 0.558. The standard InChI is InChI=1S/C13H13N3.C4H4O4/c1-2-16-13-5-11-9-3-8(6-14-7-9)10(11)4-12(13)15-1;5-3(6)1-2-4(7)8/h1-2,4-5,8-9,14H,3,6-7H2;1-2H,(H,5,6)(H,7,8)/b;2-1+/t8-,9-;/m1./s1. The molecule has 1 aliphatic heterocycles. The van der Waals surface area contributed by atoms with E-state index in [1.165, 1.54) is 17.5 Å². The van der Waals surface area contributed by atoms with Crippen molar-refractivity contribution in [2.75, 3.05) is 13.1 Å². The SMILES string of the molecule is O=C(O)/C=C/C(=O)O.c1cnc2cc3c(cc2n1)[C@H]1CNC[C@H]3C1. The van der Waals surface area contributed by atoms with Gasteiger partial charge in [-0.3, -0.25) is 9.97 Å². The predicted molar refractivity (Wildman–Crippen MR) is 86.9 cm³/mol. The number of nitrogens with zero attached hydrogens (tertiary/aromatic N) is 2. The van der Waals surface area contributed by atoms with Crippen LogP contribution in [0.4, 0.5) is 0 Å². The fraction of sp³-hybridized carbons (Fsp3) is 0.294. The lowest BCUT2D eigenvalue weighted by molar-refractivity contribution is -0.134. The van der Waals surface area contributed by atoms with Crippen molar-refractivity contribution in [2.45, 2.75) is 18.3 Å². The molecule has 2 aromatic rings. The lowest BCUT2D eigenvalue weighted by Gasteiger charge is -2.19. The zero-order valence-electron chi connectivity index (χ0n) is 12.8. The molecule has 0 unspecified atom stereocenters. The Labute approximate surface area is 138 Å². The van der Waals surface area contributed by atoms with Crippen molar-refractivity contribution in [3.8, 4) is 0 Å². The summed E-state index contributed by atoms with van der Waals surface area (Å²) >= 11 is 0. The second kappa shape index (κ2) is 6.76. The summed E-state index contributed by atoms with van der Waals surface area (Å²) in [5, 5.41) is 19.1. The van der Waals surface area contributed by atoms with Crippen LogP contribution in [0.25, 0.3) is 11.0 Å². The van der Waals surface area contributed by atoms with Crippen molar-refractivity contribution in [1.29, 1.82) is 0 Å². The molecule has 24 heavy (non-hydrogen) atoms. The topological polar surface area (TPSA) is 112 Å². The molecule has 0 saturated carbocycles. The van der Waals surface area contributed by atoms with Gasteiger partial charge in [0, 0.05) is 37.6 Å². The highest BCUT2D eigenvalue weighted by molar-refractivity contribution is 5.89. The Balaban J connectivity index is 0.000000183. The normalized spacial score (nSPS) is 21.2. The predicted octanol–water partition coefficient (Wildman–Crippen LogP) is 1.52. The smallest absolute Gasteiger partial charge is 0.328 e. The van der Waals surface area contributed by atoms with E-state index < -0.39 is 11.9 Å². The van der Waals surface area contributed by atoms with Gasteiger partial charge < -0.3 is 15.5 Å². The first-order valence-electron chi connectivity index (χ1n) is 7.64. The molecule has 0 radical (unpaired) electrons. The van der Waals surface area contributed by atoms with Gasteiger partial charge in [-0.15, -0.1) is 0 Å². The number of hydrogen-bond acceptors (Lipinski definition) is 5. The molecule has 3 N–H and O–H groups in total. The Morgan fingerprint density at radius 3 is 1.83 bits per heavy atom. The van der Waals surface area contributed by atoms with Crippen molar-refractivity contribution in [1.82, 2.24) is 15.3 Å². The number of carboxylic acids is 2. The molecular formula is C17H17N3O4. The second-order valence-corrected chi connectivity index (χ2v) is 5.82. The molecule has 0 spiro atoms. The summed E-state index contributed by atoms with van der Waals surface area (Å²) in [6, 6.07) is 4.49. The van der Waals surface area contributed by atoms with Crippen LogP contribution in [0.3, 0.4) is 0 Å². The van der Waals surface area contributed by atoms with Crippen LogP contribution in [0, 0.1) is 0 Å². The number of nitrogens with one attached hydrogen (secondary N) is 1. The third kappa shape index (κ3) is 3.41. The number of carboxylic acid groups (broad SMARTS) is 2. The Bertz CT molecular complexity index is 754. The highest BCUT2D eigenvalue weighted by Gasteiger charge is 2.34. The first-order chi connectivity index (χ1) is 11.5. The molecule has 1 aliphatic carbocycles. The summed E-state index contributed by atoms with van der Waals surface area (Å²) in [5.41, 5.74) is 5.08. The van der Waals surface area contributed by atoms with Crippen molar-refractivity contribution in [2.24, 2.45) is 0 Å². The molecule has 7 heteroatoms. The maximum absolute atomic E-state index is 9.55. The van der Waals surface area contributed by atoms with E-state index in [9.17, 15) is 9.59 Å². The van der Waals surface area contributed by atoms with Crippen LogP contribution >= 0.6 is 0 Å². The molecule has 1 aromatic heterocycles. The van der Waals surface area contributed by atoms with Gasteiger partial charge >= 0.3 is 11.9 Å². The number of rotatable bonds is 2. The van der Waals surface area contributed by atoms with Crippen LogP contribution in [0.1, 0.15) is 29.4 Å². The first kappa shape index (κ1) is 16.1. The van der Waals surface area contributed by atoms with Crippen LogP contribution in [0.2, 0.25) is 0 Å². The zero-order valence-corrected chi connectivity index (χ0v) is 12.8. The Hall–Kier alpha value is -2.80. The Morgan fingerprint density at radius 2 is 1.42 bits per heavy atom. The Kier molecular flexibility index (Phi) is 4.52. The third-order valence-electron chi connectivity index (χ3n) is 4.27. The summed E-state index contributed by atoms with van der Waals surface area (Å²) in [6.07, 6.45) is 5.96. The lowest BCUT2D eigenvalue weighted by atomic mass is 9.98. The number of benzene rings is 1. The van der Waals surface area contributed by atoms with Gasteiger partial charge in [0.2, 0.25) is 0 Å². The number of carbonyl (C=O) groups is 2. The van der Waals surface area contributed by atoms with Crippen LogP contribution < -0.4 is 5.32 Å². The molecule has 1 fully saturated rings. The fourth-order valence-electron chi connectivity index (χ4n) is 3.31. The van der Waals surface area contributed by atoms with Gasteiger partial charge in [0.15, 0.2) is 0 Å². The van der Waals surface area contributed by atoms with E-state index in [0.29, 0.717) is 24.0 Å². The van der Waals surface area contributed by atoms with Gasteiger partial charge in [0.25, 0.3) is 0 Å². The average Bonchev–Trinajstić information content (AvgIpc) is 2.82. The van der Waals surface area contributed by atoms with E-state index in [4.69, 9.17) is 10.2 Å². The third-order valence-corrected chi connectivity index (χ3v) is 4.27.